The number of rotatable bonds is 9. The van der Waals surface area contributed by atoms with Crippen LogP contribution in [0.25, 0.3) is 16.9 Å². The van der Waals surface area contributed by atoms with Crippen LogP contribution in [0.3, 0.4) is 0 Å². The number of nitrogens with zero attached hydrogens (tertiary/aromatic N) is 7. The van der Waals surface area contributed by atoms with Gasteiger partial charge >= 0.3 is 6.55 Å². The van der Waals surface area contributed by atoms with Crippen molar-refractivity contribution in [2.75, 3.05) is 11.9 Å². The third-order valence-corrected chi connectivity index (χ3v) is 7.48. The lowest BCUT2D eigenvalue weighted by Crippen LogP contribution is -2.42. The van der Waals surface area contributed by atoms with E-state index in [-0.39, 0.29) is 24.1 Å². The molecule has 0 aliphatic heterocycles. The number of nitrogens with one attached hydrogen (secondary N) is 2. The number of hydrogen-bond acceptors (Lipinski definition) is 8. The summed E-state index contributed by atoms with van der Waals surface area (Å²) in [6.45, 7) is -0.477. The lowest BCUT2D eigenvalue weighted by molar-refractivity contribution is -0.00178. The summed E-state index contributed by atoms with van der Waals surface area (Å²) >= 11 is 0. The molecule has 4 aromatic heterocycles. The Balaban J connectivity index is 1.38. The Bertz CT molecular complexity index is 1610. The van der Waals surface area contributed by atoms with Crippen molar-refractivity contribution in [3.05, 3.63) is 59.7 Å². The van der Waals surface area contributed by atoms with E-state index in [0.29, 0.717) is 64.2 Å². The van der Waals surface area contributed by atoms with Crippen LogP contribution in [0, 0.1) is 11.3 Å². The van der Waals surface area contributed by atoms with Crippen LogP contribution < -0.4 is 10.6 Å². The van der Waals surface area contributed by atoms with Gasteiger partial charge in [0.2, 0.25) is 0 Å². The number of alkyl halides is 3. The molecule has 42 heavy (non-hydrogen) atoms. The molecule has 0 spiro atoms. The van der Waals surface area contributed by atoms with Crippen LogP contribution >= 0.6 is 0 Å². The predicted octanol–water partition coefficient (Wildman–Crippen LogP) is 4.23. The van der Waals surface area contributed by atoms with Crippen molar-refractivity contribution in [3.8, 4) is 17.5 Å². The Morgan fingerprint density at radius 1 is 1.19 bits per heavy atom. The molecule has 11 nitrogen and oxygen atoms in total. The number of amides is 1. The SMILES string of the molecule is CC(C)(O)[C@H](F)CNC(=O)c1cnc(-c2ccc3cc(C#N)cnn23)cc1NC1CCC(c2cn(C(F)F)nn2)CC1. The number of aromatic nitrogens is 6. The van der Waals surface area contributed by atoms with Crippen molar-refractivity contribution in [1.29, 1.82) is 5.26 Å². The average Bonchev–Trinajstić information content (AvgIpc) is 3.63. The predicted molar refractivity (Wildman–Crippen MR) is 147 cm³/mol. The van der Waals surface area contributed by atoms with E-state index in [0.717, 1.165) is 0 Å². The smallest absolute Gasteiger partial charge is 0.334 e. The van der Waals surface area contributed by atoms with Crippen LogP contribution in [0.1, 0.15) is 73.6 Å². The Hall–Kier alpha value is -4.51. The first kappa shape index (κ1) is 29.0. The molecule has 0 bridgehead atoms. The first-order chi connectivity index (χ1) is 20.0. The Morgan fingerprint density at radius 3 is 2.62 bits per heavy atom. The molecule has 1 atom stereocenters. The van der Waals surface area contributed by atoms with Crippen LogP contribution in [0.4, 0.5) is 18.9 Å². The maximum absolute atomic E-state index is 14.4. The molecule has 0 saturated heterocycles. The Morgan fingerprint density at radius 2 is 1.95 bits per heavy atom. The summed E-state index contributed by atoms with van der Waals surface area (Å²) in [7, 11) is 0. The number of carbonyl (C=O) groups is 1. The fourth-order valence-electron chi connectivity index (χ4n) is 5.00. The zero-order valence-corrected chi connectivity index (χ0v) is 23.0. The fraction of sp³-hybridized carbons (Fsp3) is 0.429. The molecule has 4 aromatic rings. The van der Waals surface area contributed by atoms with Crippen molar-refractivity contribution in [1.82, 2.24) is 34.9 Å². The van der Waals surface area contributed by atoms with E-state index in [1.54, 1.807) is 16.6 Å². The lowest BCUT2D eigenvalue weighted by Gasteiger charge is -2.29. The summed E-state index contributed by atoms with van der Waals surface area (Å²) in [5.41, 5.74) is 1.86. The number of nitriles is 1. The van der Waals surface area contributed by atoms with Crippen molar-refractivity contribution >= 4 is 17.1 Å². The van der Waals surface area contributed by atoms with Crippen molar-refractivity contribution < 1.29 is 23.1 Å². The highest BCUT2D eigenvalue weighted by molar-refractivity contribution is 6.00. The standard InChI is InChI=1S/C28H30F3N9O2/c1-28(2,42)25(29)14-34-26(41)20-13-33-22(24-8-7-19-9-16(11-32)12-35-40(19)24)10-21(20)36-18-5-3-17(4-6-18)23-15-39(27(30)31)38-37-23/h7-10,12-13,15,17-18,25,27,42H,3-6,14H2,1-2H3,(H,33,36)(H,34,41)/t17?,18?,25-/m1/s1. The van der Waals surface area contributed by atoms with Crippen LogP contribution in [-0.2, 0) is 0 Å². The summed E-state index contributed by atoms with van der Waals surface area (Å²) in [5.74, 6) is -0.566. The third kappa shape index (κ3) is 6.20. The largest absolute Gasteiger partial charge is 0.387 e. The second-order valence-electron chi connectivity index (χ2n) is 11.0. The van der Waals surface area contributed by atoms with Crippen LogP contribution in [0.15, 0.2) is 42.9 Å². The van der Waals surface area contributed by atoms with E-state index in [9.17, 15) is 28.3 Å². The highest BCUT2D eigenvalue weighted by atomic mass is 19.3. The van der Waals surface area contributed by atoms with Crippen LogP contribution in [0.2, 0.25) is 0 Å². The minimum absolute atomic E-state index is 0.00824. The summed E-state index contributed by atoms with van der Waals surface area (Å²) in [5, 5.41) is 36.8. The van der Waals surface area contributed by atoms with E-state index in [2.05, 4.69) is 37.1 Å². The maximum Gasteiger partial charge on any atom is 0.334 e. The van der Waals surface area contributed by atoms with E-state index >= 15 is 0 Å². The zero-order valence-electron chi connectivity index (χ0n) is 23.0. The first-order valence-corrected chi connectivity index (χ1v) is 13.5. The third-order valence-electron chi connectivity index (χ3n) is 7.48. The van der Waals surface area contributed by atoms with Crippen LogP contribution in [0.5, 0.6) is 0 Å². The Labute approximate surface area is 239 Å². The highest BCUT2D eigenvalue weighted by Gasteiger charge is 2.29. The molecule has 4 heterocycles. The van der Waals surface area contributed by atoms with E-state index in [1.807, 2.05) is 12.1 Å². The van der Waals surface area contributed by atoms with Crippen molar-refractivity contribution in [3.63, 3.8) is 0 Å². The van der Waals surface area contributed by atoms with Crippen molar-refractivity contribution in [2.24, 2.45) is 0 Å². The highest BCUT2D eigenvalue weighted by Crippen LogP contribution is 2.34. The molecule has 14 heteroatoms. The summed E-state index contributed by atoms with van der Waals surface area (Å²) in [6, 6.07) is 9.06. The number of fused-ring (bicyclic) bond motifs is 1. The minimum atomic E-state index is -2.74. The molecular weight excluding hydrogens is 551 g/mol. The molecule has 5 rings (SSSR count). The van der Waals surface area contributed by atoms with Gasteiger partial charge in [0.1, 0.15) is 12.2 Å². The molecule has 0 radical (unpaired) electrons. The van der Waals surface area contributed by atoms with E-state index in [4.69, 9.17) is 0 Å². The molecule has 1 fully saturated rings. The van der Waals surface area contributed by atoms with Gasteiger partial charge in [-0.05, 0) is 63.8 Å². The molecule has 220 valence electrons. The van der Waals surface area contributed by atoms with Gasteiger partial charge in [-0.1, -0.05) is 5.21 Å². The lowest BCUT2D eigenvalue weighted by atomic mass is 9.84. The zero-order chi connectivity index (χ0) is 30.0. The van der Waals surface area contributed by atoms with Gasteiger partial charge in [-0.25, -0.2) is 8.91 Å². The van der Waals surface area contributed by atoms with E-state index in [1.165, 1.54) is 32.4 Å². The Kier molecular flexibility index (Phi) is 8.13. The topological polar surface area (TPSA) is 146 Å². The normalized spacial score (nSPS) is 18.1. The molecule has 1 aliphatic carbocycles. The first-order valence-electron chi connectivity index (χ1n) is 13.5. The molecule has 1 saturated carbocycles. The maximum atomic E-state index is 14.4. The van der Waals surface area contributed by atoms with Crippen molar-refractivity contribution in [2.45, 2.75) is 69.8 Å². The summed E-state index contributed by atoms with van der Waals surface area (Å²) in [4.78, 5) is 17.6. The number of pyridine rings is 1. The number of halogens is 3. The average molecular weight is 582 g/mol. The van der Waals surface area contributed by atoms with Gasteiger partial charge in [-0.2, -0.15) is 23.8 Å². The molecule has 1 aliphatic rings. The van der Waals surface area contributed by atoms with Gasteiger partial charge in [0.25, 0.3) is 5.91 Å². The molecule has 0 aromatic carbocycles. The van der Waals surface area contributed by atoms with E-state index < -0.39 is 24.2 Å². The minimum Gasteiger partial charge on any atom is -0.387 e. The van der Waals surface area contributed by atoms with Gasteiger partial charge in [0.15, 0.2) is 0 Å². The van der Waals surface area contributed by atoms with Gasteiger partial charge in [-0.15, -0.1) is 5.10 Å². The van der Waals surface area contributed by atoms with Gasteiger partial charge in [0.05, 0.1) is 64.0 Å². The van der Waals surface area contributed by atoms with Gasteiger partial charge in [-0.3, -0.25) is 9.78 Å². The fourth-order valence-corrected chi connectivity index (χ4v) is 5.00. The summed E-state index contributed by atoms with van der Waals surface area (Å²) in [6.07, 6.45) is 5.19. The summed E-state index contributed by atoms with van der Waals surface area (Å²) < 4.78 is 42.4. The van der Waals surface area contributed by atoms with Crippen LogP contribution in [-0.4, -0.2) is 65.0 Å². The second-order valence-corrected chi connectivity index (χ2v) is 11.0. The van der Waals surface area contributed by atoms with Gasteiger partial charge in [0, 0.05) is 18.2 Å². The molecule has 3 N–H and O–H groups in total. The molecule has 0 unspecified atom stereocenters. The number of aliphatic hydroxyl groups is 1. The van der Waals surface area contributed by atoms with Gasteiger partial charge < -0.3 is 15.7 Å². The second kappa shape index (κ2) is 11.8. The quantitative estimate of drug-likeness (QED) is 0.266. The number of carbonyl (C=O) groups excluding carboxylic acids is 1. The molecule has 1 amide bonds. The number of anilines is 1. The molecular formula is C28H30F3N9O2. The number of hydrogen-bond donors (Lipinski definition) is 3. The monoisotopic (exact) mass is 581 g/mol.